The first-order valence-electron chi connectivity index (χ1n) is 9.18. The summed E-state index contributed by atoms with van der Waals surface area (Å²) in [6.07, 6.45) is 2.13. The molecule has 0 aromatic carbocycles. The van der Waals surface area contributed by atoms with Gasteiger partial charge in [-0.2, -0.15) is 0 Å². The molecular formula is C20H28O6. The van der Waals surface area contributed by atoms with Gasteiger partial charge in [0.05, 0.1) is 12.2 Å². The minimum Gasteiger partial charge on any atom is -0.458 e. The van der Waals surface area contributed by atoms with Crippen molar-refractivity contribution >= 4 is 11.9 Å². The third kappa shape index (κ3) is 2.54. The maximum Gasteiger partial charge on any atom is 0.351 e. The average molecular weight is 364 g/mol. The van der Waals surface area contributed by atoms with Gasteiger partial charge in [0.15, 0.2) is 0 Å². The summed E-state index contributed by atoms with van der Waals surface area (Å²) in [6.45, 7) is 8.82. The highest BCUT2D eigenvalue weighted by Crippen LogP contribution is 2.57. The van der Waals surface area contributed by atoms with Gasteiger partial charge >= 0.3 is 11.9 Å². The van der Waals surface area contributed by atoms with E-state index in [1.54, 1.807) is 32.9 Å². The van der Waals surface area contributed by atoms with Gasteiger partial charge in [-0.05, 0) is 40.5 Å². The van der Waals surface area contributed by atoms with Gasteiger partial charge in [-0.15, -0.1) is 0 Å². The summed E-state index contributed by atoms with van der Waals surface area (Å²) in [6, 6.07) is 0. The number of aliphatic hydroxyl groups is 2. The highest BCUT2D eigenvalue weighted by molar-refractivity contribution is 5.92. The smallest absolute Gasteiger partial charge is 0.351 e. The maximum absolute atomic E-state index is 12.7. The Labute approximate surface area is 153 Å². The summed E-state index contributed by atoms with van der Waals surface area (Å²) < 4.78 is 11.3. The zero-order valence-electron chi connectivity index (χ0n) is 16.0. The highest BCUT2D eigenvalue weighted by atomic mass is 16.6. The second-order valence-corrected chi connectivity index (χ2v) is 8.31. The van der Waals surface area contributed by atoms with Gasteiger partial charge in [-0.1, -0.05) is 24.6 Å². The molecule has 0 unspecified atom stereocenters. The molecular weight excluding hydrogens is 336 g/mol. The highest BCUT2D eigenvalue weighted by Gasteiger charge is 2.66. The second kappa shape index (κ2) is 6.20. The third-order valence-corrected chi connectivity index (χ3v) is 6.77. The molecule has 3 aliphatic rings. The van der Waals surface area contributed by atoms with Crippen LogP contribution in [0.4, 0.5) is 0 Å². The molecule has 0 radical (unpaired) electrons. The van der Waals surface area contributed by atoms with Crippen molar-refractivity contribution in [2.75, 3.05) is 0 Å². The molecule has 1 saturated carbocycles. The Morgan fingerprint density at radius 3 is 2.65 bits per heavy atom. The van der Waals surface area contributed by atoms with Crippen molar-refractivity contribution in [1.82, 2.24) is 0 Å². The van der Waals surface area contributed by atoms with Crippen LogP contribution in [-0.4, -0.2) is 46.1 Å². The number of allylic oxidation sites excluding steroid dienone is 1. The van der Waals surface area contributed by atoms with E-state index in [9.17, 15) is 19.8 Å². The van der Waals surface area contributed by atoms with Crippen LogP contribution < -0.4 is 0 Å². The lowest BCUT2D eigenvalue weighted by atomic mass is 9.54. The molecule has 6 heteroatoms. The van der Waals surface area contributed by atoms with Crippen LogP contribution in [0.5, 0.6) is 0 Å². The Balaban J connectivity index is 1.96. The Kier molecular flexibility index (Phi) is 4.56. The number of rotatable bonds is 2. The van der Waals surface area contributed by atoms with Crippen molar-refractivity contribution in [3.05, 3.63) is 23.3 Å². The molecule has 2 fully saturated rings. The minimum atomic E-state index is -1.34. The van der Waals surface area contributed by atoms with Gasteiger partial charge in [-0.25, -0.2) is 9.59 Å². The normalized spacial score (nSPS) is 45.3. The van der Waals surface area contributed by atoms with Gasteiger partial charge in [0.2, 0.25) is 5.60 Å². The molecule has 0 aromatic rings. The zero-order valence-corrected chi connectivity index (χ0v) is 16.0. The molecule has 6 nitrogen and oxygen atoms in total. The molecule has 0 aromatic heterocycles. The largest absolute Gasteiger partial charge is 0.458 e. The monoisotopic (exact) mass is 364 g/mol. The van der Waals surface area contributed by atoms with Crippen molar-refractivity contribution in [2.24, 2.45) is 17.3 Å². The predicted octanol–water partition coefficient (Wildman–Crippen LogP) is 1.89. The lowest BCUT2D eigenvalue weighted by Crippen LogP contribution is -2.58. The van der Waals surface area contributed by atoms with Crippen LogP contribution in [0.15, 0.2) is 23.3 Å². The van der Waals surface area contributed by atoms with Crippen LogP contribution >= 0.6 is 0 Å². The molecule has 2 N–H and O–H groups in total. The topological polar surface area (TPSA) is 93.1 Å². The van der Waals surface area contributed by atoms with Crippen molar-refractivity contribution in [3.63, 3.8) is 0 Å². The molecule has 0 spiro atoms. The number of hydrogen-bond acceptors (Lipinski definition) is 6. The number of ether oxygens (including phenoxy) is 2. The lowest BCUT2D eigenvalue weighted by Gasteiger charge is -2.53. The Hall–Kier alpha value is -1.66. The summed E-state index contributed by atoms with van der Waals surface area (Å²) >= 11 is 0. The molecule has 1 saturated heterocycles. The number of carbonyl (C=O) groups is 2. The van der Waals surface area contributed by atoms with Crippen LogP contribution in [0.1, 0.15) is 47.5 Å². The molecule has 1 heterocycles. The van der Waals surface area contributed by atoms with E-state index in [0.717, 1.165) is 5.57 Å². The number of carbonyl (C=O) groups excluding carboxylic acids is 2. The van der Waals surface area contributed by atoms with Gasteiger partial charge in [-0.3, -0.25) is 0 Å². The van der Waals surface area contributed by atoms with E-state index in [2.05, 4.69) is 0 Å². The van der Waals surface area contributed by atoms with E-state index in [-0.39, 0.29) is 11.8 Å². The summed E-state index contributed by atoms with van der Waals surface area (Å²) in [7, 11) is 0. The number of fused-ring (bicyclic) bond motifs is 3. The lowest BCUT2D eigenvalue weighted by molar-refractivity contribution is -0.170. The fraction of sp³-hybridized carbons (Fsp3) is 0.700. The Morgan fingerprint density at radius 2 is 2.04 bits per heavy atom. The first-order valence-corrected chi connectivity index (χ1v) is 9.18. The number of hydrogen-bond donors (Lipinski definition) is 2. The van der Waals surface area contributed by atoms with E-state index in [1.807, 2.05) is 13.8 Å². The van der Waals surface area contributed by atoms with Gasteiger partial charge in [0, 0.05) is 22.8 Å². The minimum absolute atomic E-state index is 0.216. The predicted molar refractivity (Wildman–Crippen MR) is 93.9 cm³/mol. The van der Waals surface area contributed by atoms with E-state index in [0.29, 0.717) is 18.4 Å². The Morgan fingerprint density at radius 1 is 1.38 bits per heavy atom. The standard InChI is InChI=1S/C20H28O6/c1-6-10(2)17(23)26-20(5)12-7-8-19(4)14(15(12)25-18(20)24)11(3)9-13(21)16(19)22/h6,9,12-16,21-22H,7-8H2,1-5H3/b10-6-/t12-,13-,14-,15+,16-,19-,20-/m1/s1. The van der Waals surface area contributed by atoms with Crippen LogP contribution in [0.3, 0.4) is 0 Å². The molecule has 1 aliphatic heterocycles. The van der Waals surface area contributed by atoms with Crippen molar-refractivity contribution in [1.29, 1.82) is 0 Å². The first kappa shape index (κ1) is 19.1. The fourth-order valence-corrected chi connectivity index (χ4v) is 5.00. The average Bonchev–Trinajstić information content (AvgIpc) is 2.82. The summed E-state index contributed by atoms with van der Waals surface area (Å²) in [5, 5.41) is 20.7. The summed E-state index contributed by atoms with van der Waals surface area (Å²) in [5.74, 6) is -1.56. The molecule has 7 atom stereocenters. The van der Waals surface area contributed by atoms with Crippen LogP contribution in [0.2, 0.25) is 0 Å². The van der Waals surface area contributed by atoms with Gasteiger partial charge in [0.1, 0.15) is 6.10 Å². The van der Waals surface area contributed by atoms with Gasteiger partial charge in [0.25, 0.3) is 0 Å². The van der Waals surface area contributed by atoms with Gasteiger partial charge < -0.3 is 19.7 Å². The fourth-order valence-electron chi connectivity index (χ4n) is 5.00. The summed E-state index contributed by atoms with van der Waals surface area (Å²) in [5.41, 5.74) is -0.591. The van der Waals surface area contributed by atoms with E-state index in [4.69, 9.17) is 9.47 Å². The number of esters is 2. The van der Waals surface area contributed by atoms with Crippen molar-refractivity contribution in [2.45, 2.75) is 71.4 Å². The third-order valence-electron chi connectivity index (χ3n) is 6.77. The van der Waals surface area contributed by atoms with E-state index < -0.39 is 41.3 Å². The molecule has 144 valence electrons. The second-order valence-electron chi connectivity index (χ2n) is 8.31. The molecule has 0 amide bonds. The molecule has 26 heavy (non-hydrogen) atoms. The van der Waals surface area contributed by atoms with Crippen molar-refractivity contribution in [3.8, 4) is 0 Å². The van der Waals surface area contributed by atoms with Crippen LogP contribution in [-0.2, 0) is 19.1 Å². The SMILES string of the molecule is C/C=C(/C)C(=O)O[C@@]1(C)C(=O)O[C@@H]2[C@H]3C(C)=C[C@@H](O)[C@@H](O)[C@]3(C)CC[C@H]21. The number of aliphatic hydroxyl groups excluding tert-OH is 2. The first-order chi connectivity index (χ1) is 12.1. The molecule has 3 rings (SSSR count). The van der Waals surface area contributed by atoms with Crippen LogP contribution in [0.25, 0.3) is 0 Å². The zero-order chi connectivity index (χ0) is 19.4. The summed E-state index contributed by atoms with van der Waals surface area (Å²) in [4.78, 5) is 25.0. The Bertz CT molecular complexity index is 694. The van der Waals surface area contributed by atoms with E-state index in [1.165, 1.54) is 0 Å². The molecule has 2 aliphatic carbocycles. The van der Waals surface area contributed by atoms with Crippen LogP contribution in [0, 0.1) is 17.3 Å². The van der Waals surface area contributed by atoms with E-state index >= 15 is 0 Å². The molecule has 0 bridgehead atoms. The maximum atomic E-state index is 12.7. The quantitative estimate of drug-likeness (QED) is 0.442. The van der Waals surface area contributed by atoms with Crippen molar-refractivity contribution < 1.29 is 29.3 Å².